The van der Waals surface area contributed by atoms with Crippen molar-refractivity contribution in [2.75, 3.05) is 0 Å². The van der Waals surface area contributed by atoms with Gasteiger partial charge in [0.1, 0.15) is 4.90 Å². The first kappa shape index (κ1) is 11.5. The van der Waals surface area contributed by atoms with Gasteiger partial charge < -0.3 is 0 Å². The number of nitrogens with two attached hydrogens (primary N) is 1. The van der Waals surface area contributed by atoms with Crippen molar-refractivity contribution in [1.82, 2.24) is 0 Å². The van der Waals surface area contributed by atoms with Crippen LogP contribution in [0.2, 0.25) is 10.0 Å². The minimum absolute atomic E-state index is 0.0254. The summed E-state index contributed by atoms with van der Waals surface area (Å²) in [4.78, 5) is 9.98. The predicted octanol–water partition coefficient (Wildman–Crippen LogP) is 1.10. The minimum atomic E-state index is -3.95. The molecule has 4 nitrogen and oxygen atoms in total. The molecule has 0 amide bonds. The fraction of sp³-hybridized carbons (Fsp3) is 0. The number of rotatable bonds is 2. The molecule has 0 bridgehead atoms. The summed E-state index contributed by atoms with van der Waals surface area (Å²) in [6, 6.07) is 2.11. The fourth-order valence-electron chi connectivity index (χ4n) is 0.825. The zero-order chi connectivity index (χ0) is 10.9. The maximum absolute atomic E-state index is 11.0. The summed E-state index contributed by atoms with van der Waals surface area (Å²) in [6.45, 7) is 0. The highest BCUT2D eigenvalue weighted by atomic mass is 35.5. The van der Waals surface area contributed by atoms with E-state index in [0.29, 0.717) is 0 Å². The van der Waals surface area contributed by atoms with Crippen LogP contribution in [0.5, 0.6) is 0 Å². The van der Waals surface area contributed by atoms with Crippen LogP contribution < -0.4 is 5.14 Å². The standard InChI is InChI=1S/C7H4Cl2NO3S/c8-5-2-6(9)7(14(10,12)13)1-4(5)3-11/h1-2H,(H2,10,12,13). The Morgan fingerprint density at radius 2 is 1.79 bits per heavy atom. The number of benzene rings is 1. The van der Waals surface area contributed by atoms with Gasteiger partial charge in [-0.25, -0.2) is 13.6 Å². The van der Waals surface area contributed by atoms with Gasteiger partial charge in [-0.3, -0.25) is 4.79 Å². The number of carbonyl (C=O) groups excluding carboxylic acids is 1. The molecule has 1 aromatic rings. The van der Waals surface area contributed by atoms with Crippen molar-refractivity contribution in [1.29, 1.82) is 0 Å². The van der Waals surface area contributed by atoms with Crippen molar-refractivity contribution in [3.05, 3.63) is 27.7 Å². The average Bonchev–Trinajstić information content (AvgIpc) is 2.02. The van der Waals surface area contributed by atoms with Crippen molar-refractivity contribution in [3.8, 4) is 0 Å². The van der Waals surface area contributed by atoms with Crippen molar-refractivity contribution < 1.29 is 13.2 Å². The van der Waals surface area contributed by atoms with Crippen molar-refractivity contribution in [3.63, 3.8) is 0 Å². The Bertz CT molecular complexity index is 484. The smallest absolute Gasteiger partial charge is 0.239 e. The number of primary sulfonamides is 1. The predicted molar refractivity (Wildman–Crippen MR) is 52.6 cm³/mol. The second kappa shape index (κ2) is 3.86. The molecule has 14 heavy (non-hydrogen) atoms. The van der Waals surface area contributed by atoms with E-state index in [-0.39, 0.29) is 20.5 Å². The highest BCUT2D eigenvalue weighted by molar-refractivity contribution is 7.89. The molecule has 1 radical (unpaired) electrons. The zero-order valence-corrected chi connectivity index (χ0v) is 8.95. The van der Waals surface area contributed by atoms with E-state index in [1.54, 1.807) is 0 Å². The molecule has 0 saturated carbocycles. The van der Waals surface area contributed by atoms with E-state index < -0.39 is 10.0 Å². The number of hydrogen-bond acceptors (Lipinski definition) is 3. The van der Waals surface area contributed by atoms with E-state index in [1.165, 1.54) is 6.29 Å². The molecular formula is C7H4Cl2NO3S. The third kappa shape index (κ3) is 2.24. The van der Waals surface area contributed by atoms with Gasteiger partial charge in [-0.15, -0.1) is 0 Å². The number of sulfonamides is 1. The average molecular weight is 253 g/mol. The Morgan fingerprint density at radius 3 is 2.21 bits per heavy atom. The summed E-state index contributed by atoms with van der Waals surface area (Å²) in [5.74, 6) is 0. The van der Waals surface area contributed by atoms with Crippen LogP contribution in [0.15, 0.2) is 17.0 Å². The van der Waals surface area contributed by atoms with Crippen LogP contribution in [0.4, 0.5) is 0 Å². The van der Waals surface area contributed by atoms with E-state index in [2.05, 4.69) is 0 Å². The van der Waals surface area contributed by atoms with E-state index in [9.17, 15) is 13.2 Å². The van der Waals surface area contributed by atoms with Crippen LogP contribution in [0, 0.1) is 0 Å². The first-order valence-electron chi connectivity index (χ1n) is 3.26. The lowest BCUT2D eigenvalue weighted by Crippen LogP contribution is -2.13. The van der Waals surface area contributed by atoms with Gasteiger partial charge >= 0.3 is 0 Å². The van der Waals surface area contributed by atoms with Crippen LogP contribution in [-0.4, -0.2) is 14.7 Å². The lowest BCUT2D eigenvalue weighted by molar-refractivity contribution is 0.562. The molecule has 0 fully saturated rings. The van der Waals surface area contributed by atoms with Gasteiger partial charge in [0, 0.05) is 5.56 Å². The van der Waals surface area contributed by atoms with Gasteiger partial charge in [-0.05, 0) is 12.1 Å². The van der Waals surface area contributed by atoms with E-state index >= 15 is 0 Å². The van der Waals surface area contributed by atoms with E-state index in [0.717, 1.165) is 12.1 Å². The normalized spacial score (nSPS) is 11.4. The Balaban J connectivity index is 3.55. The van der Waals surface area contributed by atoms with Crippen molar-refractivity contribution in [2.45, 2.75) is 4.90 Å². The fourth-order valence-corrected chi connectivity index (χ4v) is 2.18. The summed E-state index contributed by atoms with van der Waals surface area (Å²) in [5.41, 5.74) is -0.0971. The highest BCUT2D eigenvalue weighted by Gasteiger charge is 2.16. The molecule has 75 valence electrons. The van der Waals surface area contributed by atoms with Crippen molar-refractivity contribution in [2.24, 2.45) is 5.14 Å². The molecule has 7 heteroatoms. The molecule has 0 spiro atoms. The van der Waals surface area contributed by atoms with Gasteiger partial charge in [0.2, 0.25) is 16.3 Å². The van der Waals surface area contributed by atoms with Gasteiger partial charge in [-0.1, -0.05) is 23.2 Å². The molecule has 0 aromatic heterocycles. The van der Waals surface area contributed by atoms with Crippen molar-refractivity contribution >= 4 is 39.5 Å². The maximum atomic E-state index is 11.0. The summed E-state index contributed by atoms with van der Waals surface area (Å²) in [5, 5.41) is 4.74. The lowest BCUT2D eigenvalue weighted by Gasteiger charge is -2.03. The Labute approximate surface area is 90.7 Å². The SMILES string of the molecule is NS(=O)(=O)c1cc([C]=O)c(Cl)cc1Cl. The van der Waals surface area contributed by atoms with Crippen LogP contribution in [0.25, 0.3) is 0 Å². The summed E-state index contributed by atoms with van der Waals surface area (Å²) in [6.07, 6.45) is 1.47. The van der Waals surface area contributed by atoms with Crippen LogP contribution in [0.1, 0.15) is 5.56 Å². The van der Waals surface area contributed by atoms with Gasteiger partial charge in [0.25, 0.3) is 0 Å². The molecule has 0 heterocycles. The summed E-state index contributed by atoms with van der Waals surface area (Å²) in [7, 11) is -3.95. The second-order valence-electron chi connectivity index (χ2n) is 2.41. The monoisotopic (exact) mass is 252 g/mol. The first-order valence-corrected chi connectivity index (χ1v) is 5.56. The topological polar surface area (TPSA) is 77.2 Å². The molecule has 0 aliphatic rings. The number of hydrogen-bond donors (Lipinski definition) is 1. The van der Waals surface area contributed by atoms with E-state index in [4.69, 9.17) is 28.3 Å². The van der Waals surface area contributed by atoms with Crippen LogP contribution in [0.3, 0.4) is 0 Å². The maximum Gasteiger partial charge on any atom is 0.239 e. The van der Waals surface area contributed by atoms with Gasteiger partial charge in [-0.2, -0.15) is 0 Å². The molecular weight excluding hydrogens is 249 g/mol. The Morgan fingerprint density at radius 1 is 1.21 bits per heavy atom. The summed E-state index contributed by atoms with van der Waals surface area (Å²) < 4.78 is 21.9. The third-order valence-corrected chi connectivity index (χ3v) is 3.13. The molecule has 0 saturated heterocycles. The van der Waals surface area contributed by atoms with E-state index in [1.807, 2.05) is 0 Å². The third-order valence-electron chi connectivity index (χ3n) is 1.44. The largest absolute Gasteiger partial charge is 0.285 e. The molecule has 1 aromatic carbocycles. The van der Waals surface area contributed by atoms with Crippen LogP contribution >= 0.6 is 23.2 Å². The lowest BCUT2D eigenvalue weighted by atomic mass is 10.2. The molecule has 1 rings (SSSR count). The van der Waals surface area contributed by atoms with Gasteiger partial charge in [0.05, 0.1) is 10.0 Å². The molecule has 0 aliphatic carbocycles. The Kier molecular flexibility index (Phi) is 3.16. The quantitative estimate of drug-likeness (QED) is 0.857. The zero-order valence-electron chi connectivity index (χ0n) is 6.62. The molecule has 0 aliphatic heterocycles. The minimum Gasteiger partial charge on any atom is -0.285 e. The van der Waals surface area contributed by atoms with Crippen LogP contribution in [-0.2, 0) is 14.8 Å². The Hall–Kier alpha value is -0.620. The first-order chi connectivity index (χ1) is 6.36. The molecule has 0 unspecified atom stereocenters. The molecule has 0 atom stereocenters. The highest BCUT2D eigenvalue weighted by Crippen LogP contribution is 2.26. The second-order valence-corrected chi connectivity index (χ2v) is 4.75. The molecule has 2 N–H and O–H groups in total. The number of halogens is 2. The van der Waals surface area contributed by atoms with Gasteiger partial charge in [0.15, 0.2) is 0 Å². The summed E-state index contributed by atoms with van der Waals surface area (Å²) >= 11 is 11.1.